The van der Waals surface area contributed by atoms with Gasteiger partial charge in [-0.2, -0.15) is 5.10 Å². The zero-order chi connectivity index (χ0) is 23.3. The Kier molecular flexibility index (Phi) is 7.15. The van der Waals surface area contributed by atoms with Crippen molar-refractivity contribution in [1.82, 2.24) is 15.2 Å². The fourth-order valence-electron chi connectivity index (χ4n) is 4.61. The summed E-state index contributed by atoms with van der Waals surface area (Å²) in [6.45, 7) is 5.26. The van der Waals surface area contributed by atoms with Crippen molar-refractivity contribution in [2.24, 2.45) is 0 Å². The third kappa shape index (κ3) is 4.41. The molecule has 0 unspecified atom stereocenters. The van der Waals surface area contributed by atoms with Gasteiger partial charge < -0.3 is 4.74 Å². The molecule has 0 radical (unpaired) electrons. The van der Waals surface area contributed by atoms with Gasteiger partial charge in [0.05, 0.1) is 22.0 Å². The highest BCUT2D eigenvalue weighted by molar-refractivity contribution is 14.1. The number of ether oxygens (including phenoxy) is 1. The molecule has 1 N–H and O–H groups in total. The molecule has 0 spiro atoms. The van der Waals surface area contributed by atoms with E-state index >= 15 is 0 Å². The lowest BCUT2D eigenvalue weighted by Crippen LogP contribution is -2.50. The van der Waals surface area contributed by atoms with Crippen LogP contribution in [0.1, 0.15) is 49.2 Å². The minimum Gasteiger partial charge on any atom is -0.482 e. The Morgan fingerprint density at radius 2 is 1.94 bits per heavy atom. The van der Waals surface area contributed by atoms with Crippen LogP contribution >= 0.6 is 46.6 Å². The van der Waals surface area contributed by atoms with Crippen molar-refractivity contribution in [3.63, 3.8) is 0 Å². The minimum absolute atomic E-state index is 0. The third-order valence-electron chi connectivity index (χ3n) is 6.09. The third-order valence-corrected chi connectivity index (χ3v) is 7.07. The normalized spacial score (nSPS) is 16.6. The molecule has 2 aliphatic rings. The van der Waals surface area contributed by atoms with Crippen LogP contribution in [0.2, 0.25) is 5.02 Å². The number of anilines is 1. The first-order valence-corrected chi connectivity index (χ1v) is 12.3. The zero-order valence-corrected chi connectivity index (χ0v) is 22.4. The molecule has 0 atom stereocenters. The standard InChI is InChI=1S/C24H23ClFIN4O2.ClH/c1-24(2)20-21(16-8-7-15(27)13-19(16)33-24)28-29-22(20)23(32)31(30-10-4-3-5-11-30)18-9-6-14(26)12-17(18)25;/h6-9,12-13H,3-5,10-11H2,1-2H3,(H,28,29);1H. The van der Waals surface area contributed by atoms with Crippen molar-refractivity contribution in [2.75, 3.05) is 18.1 Å². The number of carbonyl (C=O) groups is 1. The van der Waals surface area contributed by atoms with E-state index in [0.29, 0.717) is 24.3 Å². The van der Waals surface area contributed by atoms with Gasteiger partial charge in [-0.25, -0.2) is 14.4 Å². The summed E-state index contributed by atoms with van der Waals surface area (Å²) in [7, 11) is 0. The summed E-state index contributed by atoms with van der Waals surface area (Å²) in [5.74, 6) is -0.0298. The van der Waals surface area contributed by atoms with E-state index in [4.69, 9.17) is 16.3 Å². The first-order chi connectivity index (χ1) is 15.8. The number of rotatable bonds is 3. The zero-order valence-electron chi connectivity index (χ0n) is 18.7. The van der Waals surface area contributed by atoms with Gasteiger partial charge in [0.25, 0.3) is 5.91 Å². The number of aromatic amines is 1. The van der Waals surface area contributed by atoms with Gasteiger partial charge in [-0.15, -0.1) is 12.4 Å². The Labute approximate surface area is 222 Å². The second-order valence-corrected chi connectivity index (χ2v) is 10.5. The predicted octanol–water partition coefficient (Wildman–Crippen LogP) is 6.57. The van der Waals surface area contributed by atoms with Gasteiger partial charge in [-0.3, -0.25) is 9.89 Å². The van der Waals surface area contributed by atoms with E-state index in [1.165, 1.54) is 12.1 Å². The summed E-state index contributed by atoms with van der Waals surface area (Å²) < 4.78 is 21.2. The highest BCUT2D eigenvalue weighted by Gasteiger charge is 2.41. The maximum atomic E-state index is 14.1. The number of halogens is 4. The summed E-state index contributed by atoms with van der Waals surface area (Å²) in [5, 5.41) is 11.2. The van der Waals surface area contributed by atoms with Crippen molar-refractivity contribution in [2.45, 2.75) is 38.7 Å². The number of piperidine rings is 1. The lowest BCUT2D eigenvalue weighted by Gasteiger charge is -2.38. The molecule has 3 heterocycles. The van der Waals surface area contributed by atoms with Gasteiger partial charge in [0.1, 0.15) is 17.2 Å². The van der Waals surface area contributed by atoms with Crippen LogP contribution in [0, 0.1) is 9.39 Å². The second-order valence-electron chi connectivity index (χ2n) is 8.80. The minimum atomic E-state index is -0.787. The molecular formula is C24H24Cl2FIN4O2. The van der Waals surface area contributed by atoms with E-state index in [0.717, 1.165) is 39.8 Å². The Morgan fingerprint density at radius 1 is 1.21 bits per heavy atom. The van der Waals surface area contributed by atoms with Crippen LogP contribution in [-0.2, 0) is 5.60 Å². The summed E-state index contributed by atoms with van der Waals surface area (Å²) in [6.07, 6.45) is 3.02. The van der Waals surface area contributed by atoms with E-state index in [1.54, 1.807) is 11.1 Å². The molecule has 10 heteroatoms. The smallest absolute Gasteiger partial charge is 0.293 e. The van der Waals surface area contributed by atoms with Gasteiger partial charge in [0.2, 0.25) is 0 Å². The molecule has 2 aromatic carbocycles. The number of aromatic nitrogens is 2. The maximum absolute atomic E-state index is 14.1. The number of amides is 1. The van der Waals surface area contributed by atoms with Gasteiger partial charge in [0, 0.05) is 22.2 Å². The van der Waals surface area contributed by atoms with E-state index in [2.05, 4.69) is 32.8 Å². The number of fused-ring (bicyclic) bond motifs is 3. The monoisotopic (exact) mass is 616 g/mol. The van der Waals surface area contributed by atoms with Crippen LogP contribution in [0.25, 0.3) is 11.3 Å². The molecule has 0 aliphatic carbocycles. The topological polar surface area (TPSA) is 61.5 Å². The Morgan fingerprint density at radius 3 is 2.65 bits per heavy atom. The quantitative estimate of drug-likeness (QED) is 0.338. The van der Waals surface area contributed by atoms with Crippen LogP contribution in [0.3, 0.4) is 0 Å². The molecule has 1 amide bonds. The SMILES string of the molecule is CC1(C)Oc2cc(I)ccc2-c2[nH]nc(C(=O)N(c3ccc(F)cc3Cl)N3CCCCC3)c21.Cl. The molecule has 0 bridgehead atoms. The van der Waals surface area contributed by atoms with Gasteiger partial charge in [-0.05, 0) is 85.7 Å². The fraction of sp³-hybridized carbons (Fsp3) is 0.333. The number of hydrazine groups is 1. The van der Waals surface area contributed by atoms with Crippen molar-refractivity contribution in [1.29, 1.82) is 0 Å². The molecule has 34 heavy (non-hydrogen) atoms. The molecule has 1 saturated heterocycles. The predicted molar refractivity (Wildman–Crippen MR) is 141 cm³/mol. The van der Waals surface area contributed by atoms with Crippen LogP contribution in [0.5, 0.6) is 5.75 Å². The van der Waals surface area contributed by atoms with Crippen molar-refractivity contribution >= 4 is 58.2 Å². The van der Waals surface area contributed by atoms with Crippen LogP contribution < -0.4 is 9.75 Å². The van der Waals surface area contributed by atoms with Gasteiger partial charge >= 0.3 is 0 Å². The van der Waals surface area contributed by atoms with E-state index < -0.39 is 11.4 Å². The average Bonchev–Trinajstić information content (AvgIpc) is 3.22. The Hall–Kier alpha value is -1.88. The summed E-state index contributed by atoms with van der Waals surface area (Å²) in [5.41, 5.74) is 2.24. The number of hydrogen-bond acceptors (Lipinski definition) is 4. The second kappa shape index (κ2) is 9.64. The molecule has 1 fully saturated rings. The number of H-pyrrole nitrogens is 1. The van der Waals surface area contributed by atoms with Crippen molar-refractivity contribution < 1.29 is 13.9 Å². The molecule has 3 aromatic rings. The van der Waals surface area contributed by atoms with Crippen LogP contribution in [-0.4, -0.2) is 34.2 Å². The van der Waals surface area contributed by atoms with Crippen molar-refractivity contribution in [3.05, 3.63) is 62.1 Å². The van der Waals surface area contributed by atoms with Crippen LogP contribution in [0.15, 0.2) is 36.4 Å². The first-order valence-electron chi connectivity index (χ1n) is 10.9. The largest absolute Gasteiger partial charge is 0.482 e. The number of nitrogens with one attached hydrogen (secondary N) is 1. The van der Waals surface area contributed by atoms with E-state index in [-0.39, 0.29) is 29.0 Å². The summed E-state index contributed by atoms with van der Waals surface area (Å²) in [6, 6.07) is 10.0. The molecule has 6 nitrogen and oxygen atoms in total. The van der Waals surface area contributed by atoms with Crippen molar-refractivity contribution in [3.8, 4) is 17.0 Å². The fourth-order valence-corrected chi connectivity index (χ4v) is 5.32. The number of hydrogen-bond donors (Lipinski definition) is 1. The van der Waals surface area contributed by atoms with Crippen LogP contribution in [0.4, 0.5) is 10.1 Å². The van der Waals surface area contributed by atoms with E-state index in [9.17, 15) is 9.18 Å². The lowest BCUT2D eigenvalue weighted by atomic mass is 9.89. The molecule has 5 rings (SSSR count). The van der Waals surface area contributed by atoms with Gasteiger partial charge in [-0.1, -0.05) is 18.0 Å². The van der Waals surface area contributed by atoms with Gasteiger partial charge in [0.15, 0.2) is 5.69 Å². The number of nitrogens with zero attached hydrogens (tertiary/aromatic N) is 3. The number of carbonyl (C=O) groups excluding carboxylic acids is 1. The number of benzene rings is 2. The molecule has 0 saturated carbocycles. The highest BCUT2D eigenvalue weighted by atomic mass is 127. The molecule has 180 valence electrons. The highest BCUT2D eigenvalue weighted by Crippen LogP contribution is 2.46. The Bertz CT molecular complexity index is 1240. The molecular weight excluding hydrogens is 593 g/mol. The Balaban J connectivity index is 0.00000274. The summed E-state index contributed by atoms with van der Waals surface area (Å²) >= 11 is 8.66. The summed E-state index contributed by atoms with van der Waals surface area (Å²) in [4.78, 5) is 14.1. The lowest BCUT2D eigenvalue weighted by molar-refractivity contribution is 0.0832. The average molecular weight is 617 g/mol. The molecule has 1 aromatic heterocycles. The maximum Gasteiger partial charge on any atom is 0.293 e. The van der Waals surface area contributed by atoms with E-state index in [1.807, 2.05) is 37.1 Å². The first kappa shape index (κ1) is 25.2. The molecule has 2 aliphatic heterocycles.